The van der Waals surface area contributed by atoms with E-state index in [1.807, 2.05) is 54.6 Å². The van der Waals surface area contributed by atoms with Crippen molar-refractivity contribution >= 4 is 64.8 Å². The molecule has 66 heavy (non-hydrogen) atoms. The third-order valence-corrected chi connectivity index (χ3v) is 12.1. The third kappa shape index (κ3) is 7.94. The molecule has 1 saturated heterocycles. The number of anilines is 2. The number of aliphatic imine (C=N–C) groups is 2. The Kier molecular flexibility index (Phi) is 11.1. The first-order chi connectivity index (χ1) is 32.1. The van der Waals surface area contributed by atoms with Crippen LogP contribution in [0.15, 0.2) is 101 Å². The third-order valence-electron chi connectivity index (χ3n) is 12.1. The molecule has 334 valence electrons. The summed E-state index contributed by atoms with van der Waals surface area (Å²) in [6, 6.07) is 27.4. The number of hydrogen-bond acceptors (Lipinski definition) is 13. The van der Waals surface area contributed by atoms with E-state index in [-0.39, 0.29) is 69.4 Å². The number of hydroxylamine groups is 2. The molecule has 0 saturated carbocycles. The average molecular weight is 890 g/mol. The lowest BCUT2D eigenvalue weighted by molar-refractivity contribution is -0.197. The van der Waals surface area contributed by atoms with E-state index in [9.17, 15) is 24.0 Å². The van der Waals surface area contributed by atoms with Gasteiger partial charge in [-0.2, -0.15) is 0 Å². The van der Waals surface area contributed by atoms with Crippen LogP contribution in [-0.2, 0) is 45.3 Å². The molecule has 5 aromatic carbocycles. The summed E-state index contributed by atoms with van der Waals surface area (Å²) in [4.78, 5) is 82.3. The number of carbonyl (C=O) groups excluding carboxylic acids is 5. The van der Waals surface area contributed by atoms with Gasteiger partial charge in [-0.3, -0.25) is 39.0 Å². The molecule has 5 aliphatic rings. The highest BCUT2D eigenvalue weighted by atomic mass is 16.7. The lowest BCUT2D eigenvalue weighted by Gasteiger charge is -2.22. The minimum absolute atomic E-state index is 0.00424. The van der Waals surface area contributed by atoms with Gasteiger partial charge in [-0.05, 0) is 71.1 Å². The molecule has 0 unspecified atom stereocenters. The van der Waals surface area contributed by atoms with E-state index in [1.165, 1.54) is 14.2 Å². The van der Waals surface area contributed by atoms with Gasteiger partial charge in [-0.25, -0.2) is 4.79 Å². The molecule has 10 rings (SSSR count). The van der Waals surface area contributed by atoms with Crippen LogP contribution in [0.4, 0.5) is 22.7 Å². The second-order valence-corrected chi connectivity index (χ2v) is 16.3. The topological polar surface area (TPSA) is 175 Å². The Hall–Kier alpha value is -8.01. The van der Waals surface area contributed by atoms with E-state index >= 15 is 0 Å². The molecule has 5 aromatic rings. The summed E-state index contributed by atoms with van der Waals surface area (Å²) < 4.78 is 30.4. The lowest BCUT2D eigenvalue weighted by Crippen LogP contribution is -2.37. The predicted molar refractivity (Wildman–Crippen MR) is 241 cm³/mol. The van der Waals surface area contributed by atoms with Gasteiger partial charge < -0.3 is 28.5 Å². The molecule has 0 aromatic heterocycles. The number of para-hydroxylation sites is 2. The molecule has 16 nitrogen and oxygen atoms in total. The first-order valence-corrected chi connectivity index (χ1v) is 21.6. The molecular weight excluding hydrogens is 847 g/mol. The standard InChI is InChI=1S/C50H43N5O11/c1-61-42-21-36-38(51-25-33-19-31-8-3-5-10-40(31)53(33)49(36)59)23-44(42)64-27-29-16-30(18-35(17-29)63-15-7-12-48(58)66-55-46(56)13-14-47(55)57)28-65-45-24-39-37(22-43(45)62-2)50(60)54-34(26-52-39)20-32-9-4-6-11-41(32)54/h3-6,8-11,16-18,21-26,33-34H,7,12-15,19-20,27-28H2,1-2H3/t33-,34-/m0/s1. The molecule has 0 N–H and O–H groups in total. The summed E-state index contributed by atoms with van der Waals surface area (Å²) in [5, 5.41) is 0.524. The molecule has 16 heteroatoms. The van der Waals surface area contributed by atoms with E-state index in [0.717, 1.165) is 22.5 Å². The highest BCUT2D eigenvalue weighted by Crippen LogP contribution is 2.43. The predicted octanol–water partition coefficient (Wildman–Crippen LogP) is 7.20. The van der Waals surface area contributed by atoms with Crippen molar-refractivity contribution in [3.05, 3.63) is 124 Å². The number of fused-ring (bicyclic) bond motifs is 8. The van der Waals surface area contributed by atoms with Crippen molar-refractivity contribution in [3.8, 4) is 28.7 Å². The van der Waals surface area contributed by atoms with Gasteiger partial charge in [0, 0.05) is 61.6 Å². The average Bonchev–Trinajstić information content (AvgIpc) is 3.95. The molecule has 0 spiro atoms. The van der Waals surface area contributed by atoms with Crippen molar-refractivity contribution in [2.75, 3.05) is 30.6 Å². The van der Waals surface area contributed by atoms with Crippen LogP contribution < -0.4 is 33.5 Å². The zero-order chi connectivity index (χ0) is 45.5. The molecule has 0 radical (unpaired) electrons. The van der Waals surface area contributed by atoms with Gasteiger partial charge in [0.1, 0.15) is 19.0 Å². The Balaban J connectivity index is 0.881. The number of methoxy groups -OCH3 is 2. The summed E-state index contributed by atoms with van der Waals surface area (Å²) in [6.45, 7) is 0.189. The van der Waals surface area contributed by atoms with Crippen LogP contribution in [0.3, 0.4) is 0 Å². The van der Waals surface area contributed by atoms with E-state index in [2.05, 4.69) is 0 Å². The molecule has 5 aliphatic heterocycles. The minimum Gasteiger partial charge on any atom is -0.494 e. The second-order valence-electron chi connectivity index (χ2n) is 16.3. The maximum Gasteiger partial charge on any atom is 0.333 e. The van der Waals surface area contributed by atoms with Crippen molar-refractivity contribution in [3.63, 3.8) is 0 Å². The van der Waals surface area contributed by atoms with Gasteiger partial charge in [0.25, 0.3) is 23.6 Å². The van der Waals surface area contributed by atoms with Gasteiger partial charge in [0.15, 0.2) is 23.0 Å². The van der Waals surface area contributed by atoms with Crippen LogP contribution in [0.5, 0.6) is 28.7 Å². The van der Waals surface area contributed by atoms with Crippen LogP contribution in [0.2, 0.25) is 0 Å². The van der Waals surface area contributed by atoms with E-state index in [0.29, 0.717) is 80.3 Å². The van der Waals surface area contributed by atoms with Crippen LogP contribution in [0.1, 0.15) is 68.7 Å². The largest absolute Gasteiger partial charge is 0.494 e. The number of benzene rings is 5. The van der Waals surface area contributed by atoms with E-state index < -0.39 is 17.8 Å². The normalized spacial score (nSPS) is 17.6. The van der Waals surface area contributed by atoms with Crippen LogP contribution in [-0.4, -0.2) is 80.0 Å². The summed E-state index contributed by atoms with van der Waals surface area (Å²) in [7, 11) is 3.02. The number of imide groups is 1. The first-order valence-electron chi connectivity index (χ1n) is 21.6. The van der Waals surface area contributed by atoms with Crippen LogP contribution in [0.25, 0.3) is 0 Å². The lowest BCUT2D eigenvalue weighted by atomic mass is 10.1. The first kappa shape index (κ1) is 42.0. The van der Waals surface area contributed by atoms with E-state index in [4.69, 9.17) is 38.5 Å². The SMILES string of the molecule is COc1cc2c(cc1OCc1cc(COc3cc4c(cc3OC)C(=O)N3c5ccccc5C[C@H]3C=N4)cc(OCCCC(=O)ON3C(=O)CCC3=O)c1)N=C[C@@H]1Cc3ccccc3N1C2=O. The fraction of sp³-hybridized carbons (Fsp3) is 0.260. The van der Waals surface area contributed by atoms with Crippen molar-refractivity contribution in [2.45, 2.75) is 63.8 Å². The number of hydrogen-bond donors (Lipinski definition) is 0. The van der Waals surface area contributed by atoms with Crippen molar-refractivity contribution in [1.82, 2.24) is 5.06 Å². The molecule has 2 atom stereocenters. The number of carbonyl (C=O) groups is 5. The number of nitrogens with zero attached hydrogens (tertiary/aromatic N) is 5. The summed E-state index contributed by atoms with van der Waals surface area (Å²) in [5.74, 6) is -0.300. The van der Waals surface area contributed by atoms with Crippen LogP contribution in [0, 0.1) is 0 Å². The molecule has 5 heterocycles. The van der Waals surface area contributed by atoms with Gasteiger partial charge in [0.2, 0.25) is 0 Å². The molecule has 0 aliphatic carbocycles. The molecule has 0 bridgehead atoms. The van der Waals surface area contributed by atoms with E-state index in [1.54, 1.807) is 58.6 Å². The zero-order valence-electron chi connectivity index (χ0n) is 36.1. The monoisotopic (exact) mass is 889 g/mol. The zero-order valence-corrected chi connectivity index (χ0v) is 36.1. The van der Waals surface area contributed by atoms with Crippen molar-refractivity contribution in [1.29, 1.82) is 0 Å². The summed E-state index contributed by atoms with van der Waals surface area (Å²) in [6.07, 6.45) is 5.06. The van der Waals surface area contributed by atoms with Crippen LogP contribution >= 0.6 is 0 Å². The highest BCUT2D eigenvalue weighted by molar-refractivity contribution is 6.16. The van der Waals surface area contributed by atoms with Gasteiger partial charge in [0.05, 0.1) is 61.8 Å². The number of rotatable bonds is 14. The minimum atomic E-state index is -0.727. The molecule has 4 amide bonds. The molecular formula is C50H43N5O11. The Morgan fingerprint density at radius 3 is 1.62 bits per heavy atom. The summed E-state index contributed by atoms with van der Waals surface area (Å²) >= 11 is 0. The van der Waals surface area contributed by atoms with Crippen molar-refractivity contribution in [2.24, 2.45) is 9.98 Å². The second kappa shape index (κ2) is 17.5. The molecule has 1 fully saturated rings. The number of amides is 4. The van der Waals surface area contributed by atoms with Crippen molar-refractivity contribution < 1.29 is 52.5 Å². The fourth-order valence-electron chi connectivity index (χ4n) is 8.89. The maximum atomic E-state index is 14.0. The van der Waals surface area contributed by atoms with Gasteiger partial charge in [-0.1, -0.05) is 36.4 Å². The fourth-order valence-corrected chi connectivity index (χ4v) is 8.89. The summed E-state index contributed by atoms with van der Waals surface area (Å²) in [5.41, 5.74) is 6.96. The Bertz CT molecular complexity index is 2720. The quantitative estimate of drug-likeness (QED) is 0.0815. The Morgan fingerprint density at radius 2 is 1.12 bits per heavy atom. The Labute approximate surface area is 378 Å². The smallest absolute Gasteiger partial charge is 0.333 e. The highest BCUT2D eigenvalue weighted by Gasteiger charge is 2.38. The number of ether oxygens (including phenoxy) is 5. The Morgan fingerprint density at radius 1 is 0.621 bits per heavy atom. The van der Waals surface area contributed by atoms with Gasteiger partial charge in [-0.15, -0.1) is 5.06 Å². The van der Waals surface area contributed by atoms with Gasteiger partial charge >= 0.3 is 5.97 Å². The maximum absolute atomic E-state index is 14.0.